The standard InChI is InChI=1S/C16H26N6O2/c1-10-5-12(23)19-13(18-10)20-14(24)21-22-16(4)7-11(8-17)6-15(2,3)9-16/h5,11,13,18,22H,6-7,9H2,1-4H3,(H,19,23)(H2,20,21,24). The minimum Gasteiger partial charge on any atom is -0.352 e. The van der Waals surface area contributed by atoms with Crippen molar-refractivity contribution in [2.75, 3.05) is 0 Å². The number of hydrogen-bond donors (Lipinski definition) is 5. The van der Waals surface area contributed by atoms with Crippen LogP contribution in [-0.4, -0.2) is 23.8 Å². The van der Waals surface area contributed by atoms with Crippen LogP contribution in [0.2, 0.25) is 0 Å². The molecule has 0 aromatic rings. The van der Waals surface area contributed by atoms with Gasteiger partial charge in [-0.1, -0.05) is 13.8 Å². The van der Waals surface area contributed by atoms with E-state index in [9.17, 15) is 14.9 Å². The number of carbonyl (C=O) groups is 2. The molecule has 0 aromatic heterocycles. The summed E-state index contributed by atoms with van der Waals surface area (Å²) in [6.07, 6.45) is 3.14. The molecule has 2 aliphatic rings. The van der Waals surface area contributed by atoms with Gasteiger partial charge in [0.25, 0.3) is 0 Å². The Morgan fingerprint density at radius 2 is 2.04 bits per heavy atom. The molecule has 24 heavy (non-hydrogen) atoms. The Bertz CT molecular complexity index is 594. The summed E-state index contributed by atoms with van der Waals surface area (Å²) in [5.41, 5.74) is 6.03. The number of nitriles is 1. The van der Waals surface area contributed by atoms with Gasteiger partial charge in [-0.05, 0) is 38.5 Å². The molecule has 1 heterocycles. The molecule has 5 N–H and O–H groups in total. The van der Waals surface area contributed by atoms with Gasteiger partial charge in [-0.3, -0.25) is 15.5 Å². The molecular weight excluding hydrogens is 308 g/mol. The maximum absolute atomic E-state index is 12.1. The Morgan fingerprint density at radius 1 is 1.33 bits per heavy atom. The lowest BCUT2D eigenvalue weighted by atomic mass is 9.65. The van der Waals surface area contributed by atoms with Crippen molar-refractivity contribution in [1.82, 2.24) is 26.8 Å². The van der Waals surface area contributed by atoms with Crippen LogP contribution in [0.4, 0.5) is 4.79 Å². The van der Waals surface area contributed by atoms with E-state index in [0.717, 1.165) is 12.8 Å². The summed E-state index contributed by atoms with van der Waals surface area (Å²) in [4.78, 5) is 23.5. The second kappa shape index (κ2) is 6.69. The smallest absolute Gasteiger partial charge is 0.332 e. The van der Waals surface area contributed by atoms with E-state index < -0.39 is 12.3 Å². The van der Waals surface area contributed by atoms with Crippen LogP contribution in [-0.2, 0) is 4.79 Å². The highest BCUT2D eigenvalue weighted by molar-refractivity contribution is 5.89. The van der Waals surface area contributed by atoms with Crippen molar-refractivity contribution in [3.63, 3.8) is 0 Å². The van der Waals surface area contributed by atoms with E-state index in [0.29, 0.717) is 12.1 Å². The number of urea groups is 1. The molecule has 0 bridgehead atoms. The number of nitrogens with zero attached hydrogens (tertiary/aromatic N) is 1. The lowest BCUT2D eigenvalue weighted by Crippen LogP contribution is -2.64. The Hall–Kier alpha value is -2.27. The summed E-state index contributed by atoms with van der Waals surface area (Å²) in [7, 11) is 0. The highest BCUT2D eigenvalue weighted by atomic mass is 16.2. The molecule has 1 saturated carbocycles. The highest BCUT2D eigenvalue weighted by Crippen LogP contribution is 2.43. The van der Waals surface area contributed by atoms with E-state index in [-0.39, 0.29) is 22.8 Å². The quantitative estimate of drug-likeness (QED) is 0.489. The zero-order chi connectivity index (χ0) is 18.0. The van der Waals surface area contributed by atoms with Gasteiger partial charge in [0.2, 0.25) is 5.91 Å². The normalized spacial score (nSPS) is 31.8. The lowest BCUT2D eigenvalue weighted by molar-refractivity contribution is -0.118. The van der Waals surface area contributed by atoms with E-state index in [1.54, 1.807) is 6.92 Å². The number of allylic oxidation sites excluding steroid dienone is 1. The predicted octanol–water partition coefficient (Wildman–Crippen LogP) is 0.806. The van der Waals surface area contributed by atoms with Crippen LogP contribution in [0.25, 0.3) is 0 Å². The second-order valence-electron chi connectivity index (χ2n) is 7.77. The van der Waals surface area contributed by atoms with Gasteiger partial charge in [-0.2, -0.15) is 5.26 Å². The molecule has 3 atom stereocenters. The predicted molar refractivity (Wildman–Crippen MR) is 88.8 cm³/mol. The molecule has 2 rings (SSSR count). The largest absolute Gasteiger partial charge is 0.352 e. The summed E-state index contributed by atoms with van der Waals surface area (Å²) < 4.78 is 0. The zero-order valence-electron chi connectivity index (χ0n) is 14.6. The Labute approximate surface area is 142 Å². The van der Waals surface area contributed by atoms with Gasteiger partial charge in [0, 0.05) is 23.2 Å². The molecule has 132 valence electrons. The van der Waals surface area contributed by atoms with Gasteiger partial charge in [-0.25, -0.2) is 10.2 Å². The number of nitrogens with one attached hydrogen (secondary N) is 5. The average Bonchev–Trinajstić information content (AvgIpc) is 2.42. The highest BCUT2D eigenvalue weighted by Gasteiger charge is 2.41. The fraction of sp³-hybridized carbons (Fsp3) is 0.688. The first-order chi connectivity index (χ1) is 11.1. The first-order valence-corrected chi connectivity index (χ1v) is 8.09. The molecule has 3 unspecified atom stereocenters. The topological polar surface area (TPSA) is 118 Å². The summed E-state index contributed by atoms with van der Waals surface area (Å²) in [5.74, 6) is -0.300. The third kappa shape index (κ3) is 4.86. The van der Waals surface area contributed by atoms with Crippen LogP contribution in [0, 0.1) is 22.7 Å². The molecule has 0 saturated heterocycles. The van der Waals surface area contributed by atoms with Crippen LogP contribution in [0.5, 0.6) is 0 Å². The van der Waals surface area contributed by atoms with Crippen LogP contribution >= 0.6 is 0 Å². The molecule has 8 nitrogen and oxygen atoms in total. The number of carbonyl (C=O) groups excluding carboxylic acids is 2. The minimum atomic E-state index is -0.660. The summed E-state index contributed by atoms with van der Waals surface area (Å²) >= 11 is 0. The number of rotatable bonds is 3. The van der Waals surface area contributed by atoms with Crippen molar-refractivity contribution < 1.29 is 9.59 Å². The third-order valence-electron chi connectivity index (χ3n) is 4.31. The van der Waals surface area contributed by atoms with Crippen molar-refractivity contribution in [3.05, 3.63) is 11.8 Å². The van der Waals surface area contributed by atoms with Crippen LogP contribution < -0.4 is 26.8 Å². The molecule has 1 aliphatic carbocycles. The van der Waals surface area contributed by atoms with Gasteiger partial charge < -0.3 is 10.6 Å². The van der Waals surface area contributed by atoms with Crippen molar-refractivity contribution in [2.45, 2.75) is 58.8 Å². The maximum atomic E-state index is 12.1. The maximum Gasteiger partial charge on any atom is 0.332 e. The van der Waals surface area contributed by atoms with Crippen LogP contribution in [0.1, 0.15) is 47.0 Å². The fourth-order valence-electron chi connectivity index (χ4n) is 3.80. The van der Waals surface area contributed by atoms with E-state index >= 15 is 0 Å². The van der Waals surface area contributed by atoms with Crippen molar-refractivity contribution >= 4 is 11.9 Å². The van der Waals surface area contributed by atoms with E-state index in [1.807, 2.05) is 6.92 Å². The second-order valence-corrected chi connectivity index (χ2v) is 7.77. The van der Waals surface area contributed by atoms with Crippen LogP contribution in [0.3, 0.4) is 0 Å². The minimum absolute atomic E-state index is 0.0271. The molecule has 0 radical (unpaired) electrons. The Kier molecular flexibility index (Phi) is 5.04. The molecule has 0 spiro atoms. The van der Waals surface area contributed by atoms with Crippen molar-refractivity contribution in [3.8, 4) is 6.07 Å². The third-order valence-corrected chi connectivity index (χ3v) is 4.31. The van der Waals surface area contributed by atoms with Crippen molar-refractivity contribution in [2.24, 2.45) is 11.3 Å². The van der Waals surface area contributed by atoms with E-state index in [2.05, 4.69) is 46.7 Å². The first-order valence-electron chi connectivity index (χ1n) is 8.09. The number of amides is 3. The number of hydrazine groups is 1. The first kappa shape index (κ1) is 18.1. The monoisotopic (exact) mass is 334 g/mol. The summed E-state index contributed by atoms with van der Waals surface area (Å²) in [6, 6.07) is 1.89. The Morgan fingerprint density at radius 3 is 2.67 bits per heavy atom. The van der Waals surface area contributed by atoms with E-state index in [1.165, 1.54) is 6.08 Å². The zero-order valence-corrected chi connectivity index (χ0v) is 14.6. The molecule has 1 aliphatic heterocycles. The molecular formula is C16H26N6O2. The fourth-order valence-corrected chi connectivity index (χ4v) is 3.80. The summed E-state index contributed by atoms with van der Waals surface area (Å²) in [5, 5.41) is 17.4. The van der Waals surface area contributed by atoms with Gasteiger partial charge in [-0.15, -0.1) is 0 Å². The SMILES string of the molecule is CC1=CC(=O)NC(NC(=O)NNC2(C)CC(C#N)CC(C)(C)C2)N1. The Balaban J connectivity index is 1.88. The molecule has 0 aromatic carbocycles. The van der Waals surface area contributed by atoms with Gasteiger partial charge in [0.1, 0.15) is 0 Å². The van der Waals surface area contributed by atoms with Gasteiger partial charge >= 0.3 is 6.03 Å². The molecule has 1 fully saturated rings. The van der Waals surface area contributed by atoms with E-state index in [4.69, 9.17) is 0 Å². The lowest BCUT2D eigenvalue weighted by Gasteiger charge is -2.45. The van der Waals surface area contributed by atoms with Crippen LogP contribution in [0.15, 0.2) is 11.8 Å². The van der Waals surface area contributed by atoms with Crippen molar-refractivity contribution in [1.29, 1.82) is 5.26 Å². The number of hydrogen-bond acceptors (Lipinski definition) is 5. The van der Waals surface area contributed by atoms with Gasteiger partial charge in [0.05, 0.1) is 6.07 Å². The molecule has 3 amide bonds. The van der Waals surface area contributed by atoms with Gasteiger partial charge in [0.15, 0.2) is 6.29 Å². The molecule has 8 heteroatoms. The summed E-state index contributed by atoms with van der Waals surface area (Å²) in [6.45, 7) is 8.02. The average molecular weight is 334 g/mol.